The van der Waals surface area contributed by atoms with Crippen molar-refractivity contribution in [3.8, 4) is 11.4 Å². The minimum atomic E-state index is -4.85. The van der Waals surface area contributed by atoms with Crippen molar-refractivity contribution in [2.24, 2.45) is 11.3 Å². The third kappa shape index (κ3) is 5.74. The molecule has 0 radical (unpaired) electrons. The van der Waals surface area contributed by atoms with E-state index in [0.717, 1.165) is 21.1 Å². The Kier molecular flexibility index (Phi) is 7.09. The highest BCUT2D eigenvalue weighted by atomic mass is 32.2. The molecule has 6 nitrogen and oxygen atoms in total. The average molecular weight is 564 g/mol. The van der Waals surface area contributed by atoms with Crippen LogP contribution in [0.1, 0.15) is 36.6 Å². The number of nitrogens with zero attached hydrogens (tertiary/aromatic N) is 3. The van der Waals surface area contributed by atoms with Crippen molar-refractivity contribution in [1.29, 1.82) is 0 Å². The summed E-state index contributed by atoms with van der Waals surface area (Å²) in [5, 5.41) is 14.0. The summed E-state index contributed by atoms with van der Waals surface area (Å²) < 4.78 is 81.8. The van der Waals surface area contributed by atoms with Gasteiger partial charge in [-0.3, -0.25) is 0 Å². The Bertz CT molecular complexity index is 1480. The van der Waals surface area contributed by atoms with Crippen molar-refractivity contribution in [2.75, 3.05) is 18.8 Å². The van der Waals surface area contributed by atoms with Crippen LogP contribution in [-0.2, 0) is 22.9 Å². The first-order valence-electron chi connectivity index (χ1n) is 12.7. The largest absolute Gasteiger partial charge is 0.508 e. The standard InChI is InChI=1S/C28H29F4N3O3S/c1-27-15-20-16-33-35(24-8-6-23(29)7-9-24)26(20)14-21(27)4-5-22(27)17-34(39(37,38)18-28(30,31)32)13-12-19-2-10-25(36)11-3-19/h2-3,6-11,14,16,22,36H,4-5,12-13,15,17-18H2,1H3/t22-,27+/m1/s1. The van der Waals surface area contributed by atoms with E-state index in [0.29, 0.717) is 30.5 Å². The van der Waals surface area contributed by atoms with Gasteiger partial charge < -0.3 is 5.11 Å². The maximum Gasteiger partial charge on any atom is 0.404 e. The Hall–Kier alpha value is -3.18. The summed E-state index contributed by atoms with van der Waals surface area (Å²) >= 11 is 0. The molecule has 1 saturated carbocycles. The Morgan fingerprint density at radius 1 is 1.13 bits per heavy atom. The molecule has 0 saturated heterocycles. The molecular formula is C28H29F4N3O3S. The van der Waals surface area contributed by atoms with Crippen molar-refractivity contribution in [1.82, 2.24) is 14.1 Å². The lowest BCUT2D eigenvalue weighted by atomic mass is 9.70. The lowest BCUT2D eigenvalue weighted by Crippen LogP contribution is -2.44. The molecule has 5 rings (SSSR count). The van der Waals surface area contributed by atoms with Crippen molar-refractivity contribution in [3.05, 3.63) is 82.9 Å². The molecule has 2 aliphatic rings. The van der Waals surface area contributed by atoms with Crippen LogP contribution >= 0.6 is 0 Å². The minimum absolute atomic E-state index is 0.0221. The molecule has 39 heavy (non-hydrogen) atoms. The summed E-state index contributed by atoms with van der Waals surface area (Å²) in [6.07, 6.45) is 1.07. The van der Waals surface area contributed by atoms with Crippen LogP contribution in [0.4, 0.5) is 17.6 Å². The molecule has 2 aliphatic carbocycles. The minimum Gasteiger partial charge on any atom is -0.508 e. The van der Waals surface area contributed by atoms with Crippen LogP contribution < -0.4 is 0 Å². The second-order valence-electron chi connectivity index (χ2n) is 10.6. The van der Waals surface area contributed by atoms with Crippen LogP contribution in [0, 0.1) is 17.2 Å². The van der Waals surface area contributed by atoms with Gasteiger partial charge in [-0.1, -0.05) is 24.6 Å². The molecule has 2 atom stereocenters. The van der Waals surface area contributed by atoms with Crippen LogP contribution in [0.3, 0.4) is 0 Å². The van der Waals surface area contributed by atoms with Gasteiger partial charge in [-0.2, -0.15) is 18.3 Å². The molecule has 11 heteroatoms. The van der Waals surface area contributed by atoms with E-state index in [1.165, 1.54) is 24.3 Å². The smallest absolute Gasteiger partial charge is 0.404 e. The quantitative estimate of drug-likeness (QED) is 0.367. The first-order chi connectivity index (χ1) is 18.3. The Balaban J connectivity index is 1.40. The summed E-state index contributed by atoms with van der Waals surface area (Å²) in [5.41, 5.74) is 3.93. The molecule has 208 valence electrons. The summed E-state index contributed by atoms with van der Waals surface area (Å²) in [6.45, 7) is 1.93. The third-order valence-corrected chi connectivity index (χ3v) is 9.78. The van der Waals surface area contributed by atoms with Gasteiger partial charge in [-0.25, -0.2) is 21.8 Å². The first-order valence-corrected chi connectivity index (χ1v) is 14.3. The number of aromatic hydroxyl groups is 1. The van der Waals surface area contributed by atoms with Crippen molar-refractivity contribution in [2.45, 2.75) is 38.8 Å². The van der Waals surface area contributed by atoms with Gasteiger partial charge in [0.2, 0.25) is 10.0 Å². The second kappa shape index (κ2) is 10.1. The number of phenolic OH excluding ortho intramolecular Hbond substituents is 1. The maximum atomic E-state index is 13.4. The number of hydrogen-bond donors (Lipinski definition) is 1. The lowest BCUT2D eigenvalue weighted by molar-refractivity contribution is -0.107. The molecule has 0 amide bonds. The SMILES string of the molecule is C[C@]12Cc3cnn(-c4ccc(F)cc4)c3C=C1CC[C@@H]2CN(CCc1ccc(O)cc1)S(=O)(=O)CC(F)(F)F. The predicted molar refractivity (Wildman–Crippen MR) is 139 cm³/mol. The molecule has 0 aliphatic heterocycles. The molecule has 1 heterocycles. The normalized spacial score (nSPS) is 21.1. The number of halogens is 4. The molecule has 0 unspecified atom stereocenters. The van der Waals surface area contributed by atoms with E-state index in [4.69, 9.17) is 0 Å². The summed E-state index contributed by atoms with van der Waals surface area (Å²) in [5.74, 6) is -2.39. The summed E-state index contributed by atoms with van der Waals surface area (Å²) in [6, 6.07) is 12.2. The number of allylic oxidation sites excluding steroid dienone is 1. The Morgan fingerprint density at radius 2 is 1.82 bits per heavy atom. The Labute approximate surface area is 224 Å². The van der Waals surface area contributed by atoms with E-state index in [9.17, 15) is 31.1 Å². The number of fused-ring (bicyclic) bond motifs is 2. The van der Waals surface area contributed by atoms with Gasteiger partial charge in [0.05, 0.1) is 17.6 Å². The first kappa shape index (κ1) is 27.4. The highest BCUT2D eigenvalue weighted by Crippen LogP contribution is 2.53. The second-order valence-corrected chi connectivity index (χ2v) is 12.6. The van der Waals surface area contributed by atoms with E-state index in [2.05, 4.69) is 5.10 Å². The van der Waals surface area contributed by atoms with E-state index >= 15 is 0 Å². The van der Waals surface area contributed by atoms with E-state index in [1.54, 1.807) is 35.1 Å². The van der Waals surface area contributed by atoms with Crippen LogP contribution in [0.5, 0.6) is 5.75 Å². The molecule has 0 bridgehead atoms. The van der Waals surface area contributed by atoms with E-state index in [1.807, 2.05) is 13.0 Å². The predicted octanol–water partition coefficient (Wildman–Crippen LogP) is 5.51. The molecule has 1 fully saturated rings. The van der Waals surface area contributed by atoms with Crippen molar-refractivity contribution in [3.63, 3.8) is 0 Å². The molecule has 3 aromatic rings. The highest BCUT2D eigenvalue weighted by Gasteiger charge is 2.48. The molecular weight excluding hydrogens is 534 g/mol. The van der Waals surface area contributed by atoms with Crippen LogP contribution in [0.15, 0.2) is 60.3 Å². The zero-order valence-electron chi connectivity index (χ0n) is 21.3. The highest BCUT2D eigenvalue weighted by molar-refractivity contribution is 7.89. The van der Waals surface area contributed by atoms with E-state index < -0.39 is 27.4 Å². The van der Waals surface area contributed by atoms with Crippen LogP contribution in [0.2, 0.25) is 0 Å². The van der Waals surface area contributed by atoms with Crippen LogP contribution in [-0.4, -0.2) is 52.6 Å². The number of alkyl halides is 3. The molecule has 1 N–H and O–H groups in total. The number of hydrogen-bond acceptors (Lipinski definition) is 4. The van der Waals surface area contributed by atoms with Gasteiger partial charge >= 0.3 is 6.18 Å². The number of sulfonamides is 1. The summed E-state index contributed by atoms with van der Waals surface area (Å²) in [4.78, 5) is 0. The molecule has 2 aromatic carbocycles. The average Bonchev–Trinajstić information content (AvgIpc) is 3.39. The number of benzene rings is 2. The zero-order valence-corrected chi connectivity index (χ0v) is 22.1. The molecule has 1 aromatic heterocycles. The van der Waals surface area contributed by atoms with Crippen molar-refractivity contribution >= 4 is 16.1 Å². The zero-order chi connectivity index (χ0) is 28.0. The summed E-state index contributed by atoms with van der Waals surface area (Å²) in [7, 11) is -4.61. The topological polar surface area (TPSA) is 75.4 Å². The van der Waals surface area contributed by atoms with E-state index in [-0.39, 0.29) is 37.0 Å². The monoisotopic (exact) mass is 563 g/mol. The maximum absolute atomic E-state index is 13.4. The number of aromatic nitrogens is 2. The Morgan fingerprint density at radius 3 is 2.49 bits per heavy atom. The van der Waals surface area contributed by atoms with Gasteiger partial charge in [0, 0.05) is 13.1 Å². The van der Waals surface area contributed by atoms with Gasteiger partial charge in [-0.15, -0.1) is 0 Å². The fraction of sp³-hybridized carbons (Fsp3) is 0.393. The molecule has 0 spiro atoms. The number of phenols is 1. The van der Waals surface area contributed by atoms with Crippen LogP contribution in [0.25, 0.3) is 11.8 Å². The van der Waals surface area contributed by atoms with Gasteiger partial charge in [-0.05, 0) is 90.6 Å². The lowest BCUT2D eigenvalue weighted by Gasteiger charge is -2.38. The van der Waals surface area contributed by atoms with Gasteiger partial charge in [0.25, 0.3) is 0 Å². The third-order valence-electron chi connectivity index (χ3n) is 7.97. The fourth-order valence-corrected chi connectivity index (χ4v) is 7.19. The van der Waals surface area contributed by atoms with Gasteiger partial charge in [0.15, 0.2) is 5.75 Å². The van der Waals surface area contributed by atoms with Gasteiger partial charge in [0.1, 0.15) is 11.6 Å². The number of rotatable bonds is 8. The van der Waals surface area contributed by atoms with Crippen molar-refractivity contribution < 1.29 is 31.1 Å². The fourth-order valence-electron chi connectivity index (χ4n) is 5.82.